The maximum Gasteiger partial charge on any atom is 1.00 e. The van der Waals surface area contributed by atoms with E-state index in [0.29, 0.717) is 5.97 Å². The van der Waals surface area contributed by atoms with Gasteiger partial charge in [-0.1, -0.05) is 0 Å². The summed E-state index contributed by atoms with van der Waals surface area (Å²) in [7, 11) is 1.34. The molecular weight excluding hydrogens is 509 g/mol. The molecule has 0 unspecified atom stereocenters. The number of rotatable bonds is 2. The van der Waals surface area contributed by atoms with Gasteiger partial charge in [0.2, 0.25) is 0 Å². The minimum atomic E-state index is -3.08. The van der Waals surface area contributed by atoms with Gasteiger partial charge < -0.3 is 63.1 Å². The summed E-state index contributed by atoms with van der Waals surface area (Å²) in [4.78, 5) is 8.81. The first kappa shape index (κ1) is 49.0. The van der Waals surface area contributed by atoms with E-state index in [-0.39, 0.29) is 133 Å². The van der Waals surface area contributed by atoms with Gasteiger partial charge >= 0.3 is 110 Å². The summed E-state index contributed by atoms with van der Waals surface area (Å²) in [6.45, 7) is 5.56. The largest absolute Gasteiger partial charge is 1.00 e. The minimum Gasteiger partial charge on any atom is -1.00 e. The van der Waals surface area contributed by atoms with Crippen molar-refractivity contribution in [2.45, 2.75) is 13.8 Å². The van der Waals surface area contributed by atoms with Crippen LogP contribution in [-0.4, -0.2) is 72.9 Å². The van der Waals surface area contributed by atoms with Crippen LogP contribution >= 0.6 is 0 Å². The van der Waals surface area contributed by atoms with Crippen molar-refractivity contribution in [1.29, 1.82) is 5.26 Å². The van der Waals surface area contributed by atoms with E-state index in [2.05, 4.69) is 72.3 Å². The summed E-state index contributed by atoms with van der Waals surface area (Å²) in [6.07, 6.45) is 8.40. The molecule has 0 saturated heterocycles. The Hall–Kier alpha value is 1.70. The fourth-order valence-electron chi connectivity index (χ4n) is 1.59. The Balaban J connectivity index is -0.0000000461. The molecule has 0 aromatic carbocycles. The van der Waals surface area contributed by atoms with Gasteiger partial charge in [-0.3, -0.25) is 8.63 Å². The smallest absolute Gasteiger partial charge is 1.00 e. The Morgan fingerprint density at radius 3 is 1.17 bits per heavy atom. The molecule has 0 spiro atoms. The standard InChI is InChI=1S/2C6H12N2.CBF2N.CF3.2ClH.2K.H2O/c2*1-3-8-5-4-7(2)6-8;3-2(4)1-5;2-1(3)4;;;;;/h2*4-5H,3,6H2,1-2H3;;;2*1H;;;1H2/q;;;-1;;;2*+1;/p-2. The molecule has 0 bridgehead atoms. The zero-order valence-corrected chi connectivity index (χ0v) is 25.9. The van der Waals surface area contributed by atoms with E-state index in [0.717, 1.165) is 26.4 Å². The second-order valence-corrected chi connectivity index (χ2v) is 4.85. The number of hydrogen-bond donors (Lipinski definition) is 0. The van der Waals surface area contributed by atoms with E-state index in [1.807, 2.05) is 0 Å². The van der Waals surface area contributed by atoms with E-state index in [1.54, 1.807) is 0 Å². The number of nitriles is 1. The third-order valence-electron chi connectivity index (χ3n) is 2.78. The molecule has 30 heavy (non-hydrogen) atoms. The zero-order valence-electron chi connectivity index (χ0n) is 18.1. The van der Waals surface area contributed by atoms with Crippen LogP contribution in [0.3, 0.4) is 0 Å². The minimum absolute atomic E-state index is 0. The molecule has 6 nitrogen and oxygen atoms in total. The van der Waals surface area contributed by atoms with Crippen molar-refractivity contribution < 1.29 is 155 Å². The average Bonchev–Trinajstić information content (AvgIpc) is 3.16. The van der Waals surface area contributed by atoms with Crippen LogP contribution in [0.15, 0.2) is 24.8 Å². The molecule has 0 amide bonds. The molecule has 0 fully saturated rings. The van der Waals surface area contributed by atoms with Gasteiger partial charge in [0.25, 0.3) is 0 Å². The summed E-state index contributed by atoms with van der Waals surface area (Å²) >= 11 is 0. The number of hydrogen-bond acceptors (Lipinski definition) is 5. The first-order valence-corrected chi connectivity index (χ1v) is 7.42. The van der Waals surface area contributed by atoms with Crippen LogP contribution in [0.2, 0.25) is 0 Å². The van der Waals surface area contributed by atoms with Crippen LogP contribution < -0.4 is 128 Å². The molecule has 16 heteroatoms. The van der Waals surface area contributed by atoms with E-state index in [4.69, 9.17) is 5.26 Å². The Morgan fingerprint density at radius 2 is 1.10 bits per heavy atom. The zero-order chi connectivity index (χ0) is 19.8. The topological polar surface area (TPSA) is 68.2 Å². The predicted octanol–water partition coefficient (Wildman–Crippen LogP) is -9.63. The van der Waals surface area contributed by atoms with Gasteiger partial charge in [-0.2, -0.15) is 0 Å². The van der Waals surface area contributed by atoms with Gasteiger partial charge in [0.15, 0.2) is 6.68 Å². The van der Waals surface area contributed by atoms with Gasteiger partial charge in [-0.25, -0.2) is 5.26 Å². The van der Waals surface area contributed by atoms with Crippen molar-refractivity contribution in [2.75, 3.05) is 40.5 Å². The third-order valence-corrected chi connectivity index (χ3v) is 2.78. The fraction of sp³-hybridized carbons (Fsp3) is 0.571. The molecule has 168 valence electrons. The van der Waals surface area contributed by atoms with Crippen LogP contribution in [-0.2, 0) is 0 Å². The molecule has 2 aliphatic rings. The van der Waals surface area contributed by atoms with Crippen molar-refractivity contribution in [1.82, 2.24) is 19.6 Å². The SMILES string of the molecule is CCN1C=CN(C)C1.CCN1C=CN(C)C1.F[C-](F)F.N#CB(F)F.O.[Cl-].[Cl-].[K+].[K+]. The summed E-state index contributed by atoms with van der Waals surface area (Å²) in [5.74, 6) is 0.694. The molecule has 0 radical (unpaired) electrons. The van der Waals surface area contributed by atoms with Crippen LogP contribution in [0, 0.1) is 17.9 Å². The van der Waals surface area contributed by atoms with Gasteiger partial charge in [0.1, 0.15) is 0 Å². The van der Waals surface area contributed by atoms with Crippen molar-refractivity contribution >= 4 is 7.27 Å². The van der Waals surface area contributed by atoms with E-state index in [9.17, 15) is 21.8 Å². The third kappa shape index (κ3) is 37.0. The summed E-state index contributed by atoms with van der Waals surface area (Å²) in [5.41, 5.74) is 0. The molecule has 0 atom stereocenters. The summed E-state index contributed by atoms with van der Waals surface area (Å²) in [6, 6.07) is 0. The van der Waals surface area contributed by atoms with Crippen LogP contribution in [0.25, 0.3) is 0 Å². The second-order valence-electron chi connectivity index (χ2n) is 4.85. The maximum atomic E-state index is 10.4. The molecule has 2 rings (SSSR count). The van der Waals surface area contributed by atoms with Gasteiger partial charge in [-0.05, 0) is 13.8 Å². The summed E-state index contributed by atoms with van der Waals surface area (Å²) in [5, 5.41) is 7.14. The summed E-state index contributed by atoms with van der Waals surface area (Å²) < 4.78 is 49.6. The Morgan fingerprint density at radius 1 is 0.867 bits per heavy atom. The Labute approximate surface area is 274 Å². The van der Waals surface area contributed by atoms with Crippen LogP contribution in [0.5, 0.6) is 0 Å². The van der Waals surface area contributed by atoms with Gasteiger partial charge in [0, 0.05) is 52.0 Å². The van der Waals surface area contributed by atoms with Gasteiger partial charge in [0.05, 0.1) is 19.3 Å². The normalized spacial score (nSPS) is 11.9. The first-order valence-electron chi connectivity index (χ1n) is 7.42. The monoisotopic (exact) mass is 534 g/mol. The molecule has 2 heterocycles. The van der Waals surface area contributed by atoms with E-state index >= 15 is 0 Å². The Bertz CT molecular complexity index is 415. The van der Waals surface area contributed by atoms with Crippen LogP contribution in [0.4, 0.5) is 21.8 Å². The molecule has 0 aromatic rings. The van der Waals surface area contributed by atoms with Crippen molar-refractivity contribution in [2.24, 2.45) is 0 Å². The quantitative estimate of drug-likeness (QED) is 0.200. The average molecular weight is 535 g/mol. The number of halogens is 7. The van der Waals surface area contributed by atoms with Crippen molar-refractivity contribution in [3.63, 3.8) is 0 Å². The van der Waals surface area contributed by atoms with Crippen molar-refractivity contribution in [3.05, 3.63) is 31.5 Å². The molecule has 2 N–H and O–H groups in total. The first-order chi connectivity index (χ1) is 11.7. The van der Waals surface area contributed by atoms with Crippen molar-refractivity contribution in [3.8, 4) is 5.97 Å². The van der Waals surface area contributed by atoms with Gasteiger partial charge in [-0.15, -0.1) is 0 Å². The molecule has 0 aliphatic carbocycles. The molecule has 0 saturated carbocycles. The van der Waals surface area contributed by atoms with Crippen LogP contribution in [0.1, 0.15) is 13.8 Å². The van der Waals surface area contributed by atoms with E-state index in [1.165, 1.54) is 0 Å². The molecular formula is C14H26BCl2F5K2N5O-. The predicted molar refractivity (Wildman–Crippen MR) is 92.1 cm³/mol. The molecule has 2 aliphatic heterocycles. The fourth-order valence-corrected chi connectivity index (χ4v) is 1.59. The second kappa shape index (κ2) is 32.9. The maximum absolute atomic E-state index is 10.4. The number of nitrogens with zero attached hydrogens (tertiary/aromatic N) is 5. The van der Waals surface area contributed by atoms with E-state index < -0.39 is 13.9 Å². The Kier molecular flexibility index (Phi) is 53.7. The molecule has 0 aromatic heterocycles.